The smallest absolute Gasteiger partial charge is 0.0861 e. The Labute approximate surface area is 80.9 Å². The third kappa shape index (κ3) is 11.2. The van der Waals surface area contributed by atoms with Crippen LogP contribution in [0.2, 0.25) is 0 Å². The molecule has 0 saturated carbocycles. The molecule has 0 unspecified atom stereocenters. The van der Waals surface area contributed by atoms with Crippen LogP contribution in [0.4, 0.5) is 0 Å². The first kappa shape index (κ1) is 12.2. The molecule has 0 spiro atoms. The van der Waals surface area contributed by atoms with Crippen LogP contribution in [-0.2, 0) is 4.74 Å². The molecule has 2 nitrogen and oxygen atoms in total. The van der Waals surface area contributed by atoms with Crippen LogP contribution in [0.15, 0.2) is 24.7 Å². The van der Waals surface area contributed by atoms with Crippen LogP contribution in [0.5, 0.6) is 0 Å². The highest BCUT2D eigenvalue weighted by Crippen LogP contribution is 1.95. The number of rotatable bonds is 8. The molecular weight excluding hydrogens is 164 g/mol. The highest BCUT2D eigenvalue weighted by molar-refractivity contribution is 4.79. The van der Waals surface area contributed by atoms with Gasteiger partial charge in [0.05, 0.1) is 12.5 Å². The Morgan fingerprint density at radius 3 is 2.23 bits per heavy atom. The van der Waals surface area contributed by atoms with Gasteiger partial charge in [-0.2, -0.15) is 0 Å². The molecule has 0 rings (SSSR count). The molecule has 0 aromatic carbocycles. The number of allylic oxidation sites excluding steroid dienone is 2. The van der Waals surface area contributed by atoms with E-state index in [9.17, 15) is 0 Å². The SMILES string of the molecule is CCCCC=COC=CCCCO. The lowest BCUT2D eigenvalue weighted by Crippen LogP contribution is -1.78. The van der Waals surface area contributed by atoms with Crippen LogP contribution in [0, 0.1) is 0 Å². The van der Waals surface area contributed by atoms with E-state index in [0.717, 1.165) is 19.3 Å². The average Bonchev–Trinajstić information content (AvgIpc) is 2.16. The van der Waals surface area contributed by atoms with Gasteiger partial charge < -0.3 is 9.84 Å². The van der Waals surface area contributed by atoms with Crippen LogP contribution >= 0.6 is 0 Å². The number of hydrogen-bond acceptors (Lipinski definition) is 2. The van der Waals surface area contributed by atoms with E-state index >= 15 is 0 Å². The summed E-state index contributed by atoms with van der Waals surface area (Å²) in [4.78, 5) is 0. The molecule has 76 valence electrons. The third-order valence-corrected chi connectivity index (χ3v) is 1.60. The number of hydrogen-bond donors (Lipinski definition) is 1. The van der Waals surface area contributed by atoms with Crippen molar-refractivity contribution in [2.45, 2.75) is 39.0 Å². The zero-order valence-electron chi connectivity index (χ0n) is 8.41. The maximum absolute atomic E-state index is 8.48. The van der Waals surface area contributed by atoms with Crippen molar-refractivity contribution in [3.63, 3.8) is 0 Å². The Balaban J connectivity index is 3.13. The maximum Gasteiger partial charge on any atom is 0.0861 e. The lowest BCUT2D eigenvalue weighted by molar-refractivity contribution is 0.289. The first-order chi connectivity index (χ1) is 6.41. The van der Waals surface area contributed by atoms with Gasteiger partial charge in [-0.15, -0.1) is 0 Å². The molecule has 0 aliphatic carbocycles. The molecule has 0 atom stereocenters. The van der Waals surface area contributed by atoms with E-state index in [4.69, 9.17) is 9.84 Å². The van der Waals surface area contributed by atoms with E-state index in [1.54, 1.807) is 12.5 Å². The Bertz CT molecular complexity index is 123. The molecular formula is C11H20O2. The minimum Gasteiger partial charge on any atom is -0.473 e. The quantitative estimate of drug-likeness (QED) is 0.464. The van der Waals surface area contributed by atoms with E-state index in [1.165, 1.54) is 12.8 Å². The highest BCUT2D eigenvalue weighted by atomic mass is 16.5. The van der Waals surface area contributed by atoms with Gasteiger partial charge in [0.1, 0.15) is 0 Å². The molecule has 0 heterocycles. The van der Waals surface area contributed by atoms with E-state index in [-0.39, 0.29) is 6.61 Å². The highest BCUT2D eigenvalue weighted by Gasteiger charge is 1.78. The summed E-state index contributed by atoms with van der Waals surface area (Å²) in [6.07, 6.45) is 12.5. The lowest BCUT2D eigenvalue weighted by Gasteiger charge is -1.91. The summed E-state index contributed by atoms with van der Waals surface area (Å²) in [5.74, 6) is 0. The first-order valence-corrected chi connectivity index (χ1v) is 4.98. The third-order valence-electron chi connectivity index (χ3n) is 1.60. The second kappa shape index (κ2) is 11.2. The summed E-state index contributed by atoms with van der Waals surface area (Å²) in [6, 6.07) is 0. The van der Waals surface area contributed by atoms with Crippen molar-refractivity contribution in [1.82, 2.24) is 0 Å². The average molecular weight is 184 g/mol. The molecule has 0 saturated heterocycles. The van der Waals surface area contributed by atoms with Crippen molar-refractivity contribution >= 4 is 0 Å². The van der Waals surface area contributed by atoms with Gasteiger partial charge in [0, 0.05) is 6.61 Å². The molecule has 0 fully saturated rings. The van der Waals surface area contributed by atoms with Gasteiger partial charge in [-0.25, -0.2) is 0 Å². The van der Waals surface area contributed by atoms with Crippen LogP contribution in [0.3, 0.4) is 0 Å². The summed E-state index contributed by atoms with van der Waals surface area (Å²) in [6.45, 7) is 2.42. The van der Waals surface area contributed by atoms with Crippen molar-refractivity contribution in [3.05, 3.63) is 24.7 Å². The fourth-order valence-corrected chi connectivity index (χ4v) is 0.824. The molecule has 0 aliphatic heterocycles. The molecule has 2 heteroatoms. The molecule has 0 amide bonds. The van der Waals surface area contributed by atoms with Crippen LogP contribution in [-0.4, -0.2) is 11.7 Å². The Morgan fingerprint density at radius 1 is 1.08 bits per heavy atom. The Hall–Kier alpha value is -0.760. The van der Waals surface area contributed by atoms with Gasteiger partial charge in [0.25, 0.3) is 0 Å². The van der Waals surface area contributed by atoms with Gasteiger partial charge in [0.2, 0.25) is 0 Å². The first-order valence-electron chi connectivity index (χ1n) is 4.98. The fourth-order valence-electron chi connectivity index (χ4n) is 0.824. The lowest BCUT2D eigenvalue weighted by atomic mass is 10.2. The minimum atomic E-state index is 0.247. The summed E-state index contributed by atoms with van der Waals surface area (Å²) in [5.41, 5.74) is 0. The van der Waals surface area contributed by atoms with Gasteiger partial charge in [-0.1, -0.05) is 13.3 Å². The van der Waals surface area contributed by atoms with Crippen molar-refractivity contribution in [2.24, 2.45) is 0 Å². The van der Waals surface area contributed by atoms with Gasteiger partial charge in [-0.05, 0) is 37.8 Å². The molecule has 0 bridgehead atoms. The zero-order chi connectivity index (χ0) is 9.78. The second-order valence-electron chi connectivity index (χ2n) is 2.89. The Kier molecular flexibility index (Phi) is 10.6. The summed E-state index contributed by atoms with van der Waals surface area (Å²) >= 11 is 0. The van der Waals surface area contributed by atoms with E-state index in [1.807, 2.05) is 12.2 Å². The molecule has 0 aromatic rings. The van der Waals surface area contributed by atoms with Gasteiger partial charge >= 0.3 is 0 Å². The van der Waals surface area contributed by atoms with E-state index in [0.29, 0.717) is 0 Å². The molecule has 0 aliphatic rings. The minimum absolute atomic E-state index is 0.247. The topological polar surface area (TPSA) is 29.5 Å². The maximum atomic E-state index is 8.48. The summed E-state index contributed by atoms with van der Waals surface area (Å²) in [5, 5.41) is 8.48. The van der Waals surface area contributed by atoms with Crippen LogP contribution in [0.25, 0.3) is 0 Å². The van der Waals surface area contributed by atoms with Crippen molar-refractivity contribution < 1.29 is 9.84 Å². The van der Waals surface area contributed by atoms with Gasteiger partial charge in [-0.3, -0.25) is 0 Å². The number of unbranched alkanes of at least 4 members (excludes halogenated alkanes) is 3. The predicted molar refractivity (Wildman–Crippen MR) is 55.2 cm³/mol. The molecule has 0 radical (unpaired) electrons. The zero-order valence-corrected chi connectivity index (χ0v) is 8.41. The van der Waals surface area contributed by atoms with Crippen LogP contribution < -0.4 is 0 Å². The van der Waals surface area contributed by atoms with Crippen molar-refractivity contribution in [1.29, 1.82) is 0 Å². The number of ether oxygens (including phenoxy) is 1. The molecule has 13 heavy (non-hydrogen) atoms. The van der Waals surface area contributed by atoms with Gasteiger partial charge in [0.15, 0.2) is 0 Å². The predicted octanol–water partition coefficient (Wildman–Crippen LogP) is 2.99. The van der Waals surface area contributed by atoms with E-state index < -0.39 is 0 Å². The Morgan fingerprint density at radius 2 is 1.69 bits per heavy atom. The number of aliphatic hydroxyl groups excluding tert-OH is 1. The number of aliphatic hydroxyl groups is 1. The second-order valence-corrected chi connectivity index (χ2v) is 2.89. The summed E-state index contributed by atoms with van der Waals surface area (Å²) < 4.78 is 5.08. The normalized spacial score (nSPS) is 11.5. The monoisotopic (exact) mass is 184 g/mol. The largest absolute Gasteiger partial charge is 0.473 e. The van der Waals surface area contributed by atoms with E-state index in [2.05, 4.69) is 6.92 Å². The molecule has 0 aromatic heterocycles. The van der Waals surface area contributed by atoms with Crippen molar-refractivity contribution in [2.75, 3.05) is 6.61 Å². The fraction of sp³-hybridized carbons (Fsp3) is 0.636. The molecule has 1 N–H and O–H groups in total. The summed E-state index contributed by atoms with van der Waals surface area (Å²) in [7, 11) is 0. The standard InChI is InChI=1S/C11H20O2/c1-2-3-4-7-10-13-11-8-5-6-9-12/h7-8,10-12H,2-6,9H2,1H3. The van der Waals surface area contributed by atoms with Crippen LogP contribution in [0.1, 0.15) is 39.0 Å². The van der Waals surface area contributed by atoms with Crippen molar-refractivity contribution in [3.8, 4) is 0 Å².